The van der Waals surface area contributed by atoms with Gasteiger partial charge in [-0.25, -0.2) is 0 Å². The zero-order valence-corrected chi connectivity index (χ0v) is 10.9. The Morgan fingerprint density at radius 3 is 1.23 bits per heavy atom. The summed E-state index contributed by atoms with van der Waals surface area (Å²) in [6.07, 6.45) is 0. The Bertz CT molecular complexity index is 684. The lowest BCUT2D eigenvalue weighted by atomic mass is 10.3. The van der Waals surface area contributed by atoms with E-state index in [1.54, 1.807) is 0 Å². The lowest BCUT2D eigenvalue weighted by molar-refractivity contribution is -0.422. The van der Waals surface area contributed by atoms with Crippen molar-refractivity contribution in [1.29, 1.82) is 0 Å². The monoisotopic (exact) mass is 307 g/mol. The number of nitro benzene ring substituents is 3. The van der Waals surface area contributed by atoms with Gasteiger partial charge in [0.15, 0.2) is 5.75 Å². The van der Waals surface area contributed by atoms with E-state index in [1.165, 1.54) is 36.4 Å². The van der Waals surface area contributed by atoms with Crippen molar-refractivity contribution in [3.63, 3.8) is 0 Å². The van der Waals surface area contributed by atoms with Crippen molar-refractivity contribution < 1.29 is 19.9 Å². The number of rotatable bonds is 3. The molecule has 0 atom stereocenters. The van der Waals surface area contributed by atoms with Crippen LogP contribution in [-0.4, -0.2) is 19.9 Å². The highest BCUT2D eigenvalue weighted by Crippen LogP contribution is 2.25. The first-order chi connectivity index (χ1) is 10.3. The highest BCUT2D eigenvalue weighted by Gasteiger charge is 2.21. The number of para-hydroxylation sites is 4. The number of hydrogen-bond acceptors (Lipinski definition) is 7. The molecule has 2 aromatic rings. The zero-order chi connectivity index (χ0) is 16.7. The molecule has 0 radical (unpaired) electrons. The molecule has 22 heavy (non-hydrogen) atoms. The van der Waals surface area contributed by atoms with E-state index in [-0.39, 0.29) is 11.4 Å². The van der Waals surface area contributed by atoms with Gasteiger partial charge in [-0.05, 0) is 6.07 Å². The molecule has 0 bridgehead atoms. The Morgan fingerprint density at radius 2 is 0.955 bits per heavy atom. The van der Waals surface area contributed by atoms with Crippen molar-refractivity contribution in [3.8, 4) is 5.75 Å². The normalized spacial score (nSPS) is 9.27. The van der Waals surface area contributed by atoms with Crippen LogP contribution in [0.3, 0.4) is 0 Å². The van der Waals surface area contributed by atoms with E-state index >= 15 is 0 Å². The van der Waals surface area contributed by atoms with E-state index in [1.807, 2.05) is 0 Å². The molecule has 114 valence electrons. The van der Waals surface area contributed by atoms with Gasteiger partial charge in [0, 0.05) is 18.2 Å². The third kappa shape index (κ3) is 4.23. The van der Waals surface area contributed by atoms with Crippen LogP contribution in [-0.2, 0) is 0 Å². The number of aromatic hydroxyl groups is 1. The number of phenols is 1. The summed E-state index contributed by atoms with van der Waals surface area (Å²) < 4.78 is 0. The maximum absolute atomic E-state index is 10.2. The second kappa shape index (κ2) is 7.28. The smallest absolute Gasteiger partial charge is 0.346 e. The number of nitro groups is 3. The van der Waals surface area contributed by atoms with Crippen LogP contribution in [0.4, 0.5) is 17.1 Å². The lowest BCUT2D eigenvalue weighted by Gasteiger charge is -1.91. The van der Waals surface area contributed by atoms with Crippen LogP contribution >= 0.6 is 0 Å². The van der Waals surface area contributed by atoms with Crippen LogP contribution in [0.25, 0.3) is 0 Å². The van der Waals surface area contributed by atoms with Gasteiger partial charge in [-0.15, -0.1) is 0 Å². The topological polar surface area (TPSA) is 150 Å². The van der Waals surface area contributed by atoms with Crippen molar-refractivity contribution >= 4 is 17.1 Å². The van der Waals surface area contributed by atoms with Gasteiger partial charge in [0.1, 0.15) is 0 Å². The average Bonchev–Trinajstić information content (AvgIpc) is 2.48. The van der Waals surface area contributed by atoms with E-state index in [9.17, 15) is 30.3 Å². The van der Waals surface area contributed by atoms with Gasteiger partial charge in [0.2, 0.25) is 0 Å². The van der Waals surface area contributed by atoms with E-state index < -0.39 is 26.1 Å². The van der Waals surface area contributed by atoms with Crippen LogP contribution in [0.2, 0.25) is 0 Å². The largest absolute Gasteiger partial charge is 0.502 e. The molecule has 0 unspecified atom stereocenters. The first kappa shape index (κ1) is 16.5. The molecule has 0 saturated carbocycles. The fraction of sp³-hybridized carbons (Fsp3) is 0. The minimum atomic E-state index is -0.780. The summed E-state index contributed by atoms with van der Waals surface area (Å²) in [5.74, 6) is -0.299. The summed E-state index contributed by atoms with van der Waals surface area (Å²) in [5, 5.41) is 39.4. The average molecular weight is 307 g/mol. The maximum Gasteiger partial charge on any atom is 0.346 e. The van der Waals surface area contributed by atoms with Gasteiger partial charge >= 0.3 is 17.1 Å². The highest BCUT2D eigenvalue weighted by atomic mass is 16.6. The second-order valence-corrected chi connectivity index (χ2v) is 3.75. The molecule has 0 amide bonds. The third-order valence-electron chi connectivity index (χ3n) is 2.35. The van der Waals surface area contributed by atoms with Crippen molar-refractivity contribution in [2.24, 2.45) is 0 Å². The molecular formula is C12H9N3O7. The summed E-state index contributed by atoms with van der Waals surface area (Å²) in [4.78, 5) is 28.3. The molecule has 10 heteroatoms. The van der Waals surface area contributed by atoms with Gasteiger partial charge in [0.25, 0.3) is 0 Å². The molecule has 10 nitrogen and oxygen atoms in total. The molecule has 2 rings (SSSR count). The molecule has 1 N–H and O–H groups in total. The van der Waals surface area contributed by atoms with Crippen molar-refractivity contribution in [2.75, 3.05) is 0 Å². The quantitative estimate of drug-likeness (QED) is 0.676. The van der Waals surface area contributed by atoms with Crippen molar-refractivity contribution in [1.82, 2.24) is 0 Å². The Morgan fingerprint density at radius 1 is 0.636 bits per heavy atom. The van der Waals surface area contributed by atoms with Crippen LogP contribution in [0.1, 0.15) is 0 Å². The summed E-state index contributed by atoms with van der Waals surface area (Å²) in [6, 6.07) is 10.5. The molecule has 0 aliphatic heterocycles. The minimum absolute atomic E-state index is 0.262. The predicted octanol–water partition coefficient (Wildman–Crippen LogP) is 2.80. The van der Waals surface area contributed by atoms with E-state index in [2.05, 4.69) is 0 Å². The molecule has 0 heterocycles. The van der Waals surface area contributed by atoms with Gasteiger partial charge in [-0.1, -0.05) is 24.3 Å². The van der Waals surface area contributed by atoms with Crippen LogP contribution in [0.5, 0.6) is 5.75 Å². The SMILES string of the molecule is O=[N+]([O-])c1ccccc1O.O=[N+]([O-])c1ccccc1[N+](=O)[O-]. The predicted molar refractivity (Wildman–Crippen MR) is 74.5 cm³/mol. The number of benzene rings is 2. The van der Waals surface area contributed by atoms with Gasteiger partial charge in [-0.2, -0.15) is 0 Å². The molecular weight excluding hydrogens is 298 g/mol. The fourth-order valence-corrected chi connectivity index (χ4v) is 1.39. The van der Waals surface area contributed by atoms with Crippen LogP contribution in [0.15, 0.2) is 48.5 Å². The van der Waals surface area contributed by atoms with Gasteiger partial charge in [-0.3, -0.25) is 30.3 Å². The van der Waals surface area contributed by atoms with E-state index in [4.69, 9.17) is 5.11 Å². The Kier molecular flexibility index (Phi) is 5.46. The van der Waals surface area contributed by atoms with E-state index in [0.29, 0.717) is 0 Å². The van der Waals surface area contributed by atoms with Crippen LogP contribution in [0, 0.1) is 30.3 Å². The molecule has 0 aromatic heterocycles. The molecule has 0 fully saturated rings. The van der Waals surface area contributed by atoms with Gasteiger partial charge in [0.05, 0.1) is 14.8 Å². The zero-order valence-electron chi connectivity index (χ0n) is 10.9. The molecule has 0 aliphatic carbocycles. The second-order valence-electron chi connectivity index (χ2n) is 3.75. The number of phenolic OH excluding ortho intramolecular Hbond substituents is 1. The van der Waals surface area contributed by atoms with Crippen molar-refractivity contribution in [3.05, 3.63) is 78.9 Å². The van der Waals surface area contributed by atoms with Crippen molar-refractivity contribution in [2.45, 2.75) is 0 Å². The highest BCUT2D eigenvalue weighted by molar-refractivity contribution is 5.51. The third-order valence-corrected chi connectivity index (χ3v) is 2.35. The summed E-state index contributed by atoms with van der Waals surface area (Å²) in [6.45, 7) is 0. The fourth-order valence-electron chi connectivity index (χ4n) is 1.39. The van der Waals surface area contributed by atoms with E-state index in [0.717, 1.165) is 12.1 Å². The molecule has 2 aromatic carbocycles. The van der Waals surface area contributed by atoms with Gasteiger partial charge < -0.3 is 5.11 Å². The number of nitrogens with zero attached hydrogens (tertiary/aromatic N) is 3. The Hall–Kier alpha value is -3.56. The maximum atomic E-state index is 10.2. The summed E-state index contributed by atoms with van der Waals surface area (Å²) >= 11 is 0. The first-order valence-electron chi connectivity index (χ1n) is 5.64. The molecule has 0 spiro atoms. The summed E-state index contributed by atoms with van der Waals surface area (Å²) in [5.41, 5.74) is -1.23. The molecule has 0 aliphatic rings. The summed E-state index contributed by atoms with van der Waals surface area (Å²) in [7, 11) is 0. The minimum Gasteiger partial charge on any atom is -0.502 e. The van der Waals surface area contributed by atoms with Crippen LogP contribution < -0.4 is 0 Å². The Balaban J connectivity index is 0.000000224. The first-order valence-corrected chi connectivity index (χ1v) is 5.64. The Labute approximate surface area is 122 Å². The standard InChI is InChI=1S/C6H4N2O4.C6H5NO3/c9-7(10)5-3-1-2-4-6(5)8(11)12;8-6-4-2-1-3-5(6)7(9)10/h1-4H;1-4,8H. The lowest BCUT2D eigenvalue weighted by Crippen LogP contribution is -1.95. The number of hydrogen-bond donors (Lipinski definition) is 1. The molecule has 0 saturated heterocycles.